The summed E-state index contributed by atoms with van der Waals surface area (Å²) in [6, 6.07) is 8.11. The van der Waals surface area contributed by atoms with Crippen LogP contribution in [0.3, 0.4) is 0 Å². The van der Waals surface area contributed by atoms with Crippen molar-refractivity contribution in [1.82, 2.24) is 9.97 Å². The Hall–Kier alpha value is -1.90. The Kier molecular flexibility index (Phi) is 6.03. The van der Waals surface area contributed by atoms with Crippen LogP contribution in [-0.4, -0.2) is 16.6 Å². The van der Waals surface area contributed by atoms with Gasteiger partial charge in [0.1, 0.15) is 12.1 Å². The number of hydrogen-bond donors (Lipinski definition) is 0. The van der Waals surface area contributed by atoms with Crippen molar-refractivity contribution in [2.24, 2.45) is 0 Å². The minimum Gasteiger partial charge on any atom is -0.494 e. The minimum absolute atomic E-state index is 0.803. The lowest BCUT2D eigenvalue weighted by Crippen LogP contribution is -1.97. The zero-order valence-electron chi connectivity index (χ0n) is 12.1. The molecule has 0 amide bonds. The molecule has 3 heteroatoms. The first-order valence-corrected chi connectivity index (χ1v) is 7.38. The molecule has 0 saturated carbocycles. The van der Waals surface area contributed by atoms with E-state index < -0.39 is 0 Å². The summed E-state index contributed by atoms with van der Waals surface area (Å²) in [6.07, 6.45) is 11.5. The number of benzene rings is 1. The highest BCUT2D eigenvalue weighted by Gasteiger charge is 1.99. The quantitative estimate of drug-likeness (QED) is 0.663. The Balaban J connectivity index is 1.77. The van der Waals surface area contributed by atoms with Crippen molar-refractivity contribution >= 4 is 0 Å². The van der Waals surface area contributed by atoms with Crippen molar-refractivity contribution in [3.63, 3.8) is 0 Å². The van der Waals surface area contributed by atoms with Gasteiger partial charge in [-0.25, -0.2) is 9.97 Å². The van der Waals surface area contributed by atoms with Gasteiger partial charge in [-0.15, -0.1) is 0 Å². The zero-order chi connectivity index (χ0) is 14.0. The van der Waals surface area contributed by atoms with Gasteiger partial charge in [-0.1, -0.05) is 44.7 Å². The van der Waals surface area contributed by atoms with Crippen molar-refractivity contribution in [3.8, 4) is 16.9 Å². The van der Waals surface area contributed by atoms with Crippen LogP contribution in [0.2, 0.25) is 0 Å². The number of aromatic nitrogens is 2. The standard InChI is InChI=1S/C17H22N2O/c1-2-3-4-5-6-11-20-17-9-7-15(8-10-17)16-12-18-14-19-13-16/h7-10,12-14H,2-6,11H2,1H3. The molecule has 1 aromatic heterocycles. The van der Waals surface area contributed by atoms with Crippen LogP contribution >= 0.6 is 0 Å². The van der Waals surface area contributed by atoms with Crippen molar-refractivity contribution in [2.45, 2.75) is 39.0 Å². The fraction of sp³-hybridized carbons (Fsp3) is 0.412. The van der Waals surface area contributed by atoms with E-state index in [4.69, 9.17) is 4.74 Å². The molecule has 0 N–H and O–H groups in total. The Morgan fingerprint density at radius 2 is 1.55 bits per heavy atom. The Labute approximate surface area is 121 Å². The molecule has 2 rings (SSSR count). The summed E-state index contributed by atoms with van der Waals surface area (Å²) < 4.78 is 5.75. The molecule has 2 aromatic rings. The van der Waals surface area contributed by atoms with E-state index in [1.165, 1.54) is 25.7 Å². The van der Waals surface area contributed by atoms with E-state index >= 15 is 0 Å². The van der Waals surface area contributed by atoms with Crippen LogP contribution in [0.15, 0.2) is 43.0 Å². The van der Waals surface area contributed by atoms with Gasteiger partial charge in [0, 0.05) is 18.0 Å². The third-order valence-corrected chi connectivity index (χ3v) is 3.26. The summed E-state index contributed by atoms with van der Waals surface area (Å²) >= 11 is 0. The van der Waals surface area contributed by atoms with E-state index in [9.17, 15) is 0 Å². The van der Waals surface area contributed by atoms with Crippen molar-refractivity contribution in [3.05, 3.63) is 43.0 Å². The van der Waals surface area contributed by atoms with Gasteiger partial charge >= 0.3 is 0 Å². The molecule has 0 spiro atoms. The van der Waals surface area contributed by atoms with Gasteiger partial charge in [0.05, 0.1) is 6.61 Å². The minimum atomic E-state index is 0.803. The first kappa shape index (κ1) is 14.5. The second-order valence-corrected chi connectivity index (χ2v) is 4.91. The van der Waals surface area contributed by atoms with E-state index in [0.717, 1.165) is 29.9 Å². The molecule has 0 fully saturated rings. The zero-order valence-corrected chi connectivity index (χ0v) is 12.1. The molecule has 0 aliphatic heterocycles. The van der Waals surface area contributed by atoms with Gasteiger partial charge in [-0.2, -0.15) is 0 Å². The van der Waals surface area contributed by atoms with Crippen LogP contribution in [0, 0.1) is 0 Å². The van der Waals surface area contributed by atoms with Crippen LogP contribution in [0.4, 0.5) is 0 Å². The average Bonchev–Trinajstić information content (AvgIpc) is 2.52. The predicted octanol–water partition coefficient (Wildman–Crippen LogP) is 4.49. The SMILES string of the molecule is CCCCCCCOc1ccc(-c2cncnc2)cc1. The normalized spacial score (nSPS) is 10.4. The number of hydrogen-bond acceptors (Lipinski definition) is 3. The maximum absolute atomic E-state index is 5.75. The lowest BCUT2D eigenvalue weighted by molar-refractivity contribution is 0.304. The fourth-order valence-electron chi connectivity index (χ4n) is 2.09. The summed E-state index contributed by atoms with van der Waals surface area (Å²) in [5, 5.41) is 0. The van der Waals surface area contributed by atoms with Crippen LogP contribution in [0.1, 0.15) is 39.0 Å². The van der Waals surface area contributed by atoms with Gasteiger partial charge in [-0.3, -0.25) is 0 Å². The molecule has 0 unspecified atom stereocenters. The summed E-state index contributed by atoms with van der Waals surface area (Å²) in [6.45, 7) is 3.04. The molecule has 0 aliphatic rings. The topological polar surface area (TPSA) is 35.0 Å². The fourth-order valence-corrected chi connectivity index (χ4v) is 2.09. The molecule has 20 heavy (non-hydrogen) atoms. The van der Waals surface area contributed by atoms with Crippen LogP contribution in [-0.2, 0) is 0 Å². The summed E-state index contributed by atoms with van der Waals surface area (Å²) in [5.74, 6) is 0.932. The Bertz CT molecular complexity index is 482. The first-order valence-electron chi connectivity index (χ1n) is 7.38. The van der Waals surface area contributed by atoms with Gasteiger partial charge in [-0.05, 0) is 24.1 Å². The monoisotopic (exact) mass is 270 g/mol. The molecule has 0 radical (unpaired) electrons. The van der Waals surface area contributed by atoms with Crippen LogP contribution < -0.4 is 4.74 Å². The highest BCUT2D eigenvalue weighted by molar-refractivity contribution is 5.62. The third kappa shape index (κ3) is 4.65. The maximum atomic E-state index is 5.75. The number of nitrogens with zero attached hydrogens (tertiary/aromatic N) is 2. The molecule has 1 aromatic carbocycles. The maximum Gasteiger partial charge on any atom is 0.119 e. The average molecular weight is 270 g/mol. The van der Waals surface area contributed by atoms with Gasteiger partial charge in [0.2, 0.25) is 0 Å². The molecule has 0 aliphatic carbocycles. The van der Waals surface area contributed by atoms with E-state index in [-0.39, 0.29) is 0 Å². The molecule has 3 nitrogen and oxygen atoms in total. The van der Waals surface area contributed by atoms with E-state index in [1.807, 2.05) is 36.7 Å². The largest absolute Gasteiger partial charge is 0.494 e. The molecule has 0 bridgehead atoms. The molecule has 1 heterocycles. The number of rotatable bonds is 8. The third-order valence-electron chi connectivity index (χ3n) is 3.26. The van der Waals surface area contributed by atoms with Gasteiger partial charge < -0.3 is 4.74 Å². The summed E-state index contributed by atoms with van der Waals surface area (Å²) in [4.78, 5) is 8.05. The van der Waals surface area contributed by atoms with Crippen LogP contribution in [0.25, 0.3) is 11.1 Å². The molecule has 106 valence electrons. The molecular formula is C17H22N2O. The van der Waals surface area contributed by atoms with Crippen LogP contribution in [0.5, 0.6) is 5.75 Å². The van der Waals surface area contributed by atoms with Gasteiger partial charge in [0.25, 0.3) is 0 Å². The van der Waals surface area contributed by atoms with E-state index in [1.54, 1.807) is 6.33 Å². The highest BCUT2D eigenvalue weighted by atomic mass is 16.5. The molecule has 0 saturated heterocycles. The Morgan fingerprint density at radius 1 is 0.850 bits per heavy atom. The second kappa shape index (κ2) is 8.31. The summed E-state index contributed by atoms with van der Waals surface area (Å²) in [5.41, 5.74) is 2.14. The highest BCUT2D eigenvalue weighted by Crippen LogP contribution is 2.21. The summed E-state index contributed by atoms with van der Waals surface area (Å²) in [7, 11) is 0. The lowest BCUT2D eigenvalue weighted by atomic mass is 10.1. The van der Waals surface area contributed by atoms with Gasteiger partial charge in [0.15, 0.2) is 0 Å². The molecular weight excluding hydrogens is 248 g/mol. The number of ether oxygens (including phenoxy) is 1. The second-order valence-electron chi connectivity index (χ2n) is 4.91. The van der Waals surface area contributed by atoms with E-state index in [0.29, 0.717) is 0 Å². The van der Waals surface area contributed by atoms with Crippen molar-refractivity contribution in [1.29, 1.82) is 0 Å². The smallest absolute Gasteiger partial charge is 0.119 e. The van der Waals surface area contributed by atoms with Crippen molar-refractivity contribution in [2.75, 3.05) is 6.61 Å². The Morgan fingerprint density at radius 3 is 2.25 bits per heavy atom. The number of unbranched alkanes of at least 4 members (excludes halogenated alkanes) is 4. The van der Waals surface area contributed by atoms with Crippen molar-refractivity contribution < 1.29 is 4.74 Å². The lowest BCUT2D eigenvalue weighted by Gasteiger charge is -2.07. The van der Waals surface area contributed by atoms with E-state index in [2.05, 4.69) is 16.9 Å². The molecule has 0 atom stereocenters. The predicted molar refractivity (Wildman–Crippen MR) is 81.7 cm³/mol. The first-order chi connectivity index (χ1) is 9.90.